The average Bonchev–Trinajstić information content (AvgIpc) is 1.88. The molecule has 5 heteroatoms. The molecule has 1 aromatic rings. The molecule has 0 amide bonds. The van der Waals surface area contributed by atoms with Crippen LogP contribution in [0.5, 0.6) is 0 Å². The highest BCUT2D eigenvalue weighted by Crippen LogP contribution is 1.78. The molecular weight excluding hydrogens is 134 g/mol. The fourth-order valence-electron chi connectivity index (χ4n) is 0.577. The second-order valence-electron chi connectivity index (χ2n) is 1.67. The second kappa shape index (κ2) is 2.30. The van der Waals surface area contributed by atoms with Gasteiger partial charge in [0.2, 0.25) is 0 Å². The van der Waals surface area contributed by atoms with Gasteiger partial charge in [-0.05, 0) is 12.1 Å². The third kappa shape index (κ3) is 1.02. The van der Waals surface area contributed by atoms with Gasteiger partial charge in [-0.15, -0.1) is 0 Å². The molecule has 0 saturated heterocycles. The highest BCUT2D eigenvalue weighted by Gasteiger charge is 1.97. The summed E-state index contributed by atoms with van der Waals surface area (Å²) < 4.78 is 0.639. The van der Waals surface area contributed by atoms with Crippen molar-refractivity contribution < 1.29 is 5.03 Å². The molecule has 0 aromatic carbocycles. The Kier molecular flexibility index (Phi) is 1.49. The van der Waals surface area contributed by atoms with E-state index >= 15 is 0 Å². The van der Waals surface area contributed by atoms with Crippen LogP contribution >= 0.6 is 0 Å². The SMILES string of the molecule is N=c1ccccn1[N+](=O)[O-]. The van der Waals surface area contributed by atoms with Crippen LogP contribution in [0.25, 0.3) is 0 Å². The molecule has 5 nitrogen and oxygen atoms in total. The van der Waals surface area contributed by atoms with Crippen molar-refractivity contribution in [2.75, 3.05) is 0 Å². The Morgan fingerprint density at radius 1 is 1.60 bits per heavy atom. The number of nitro groups is 1. The maximum Gasteiger partial charge on any atom is 0.191 e. The first-order valence-corrected chi connectivity index (χ1v) is 2.59. The van der Waals surface area contributed by atoms with E-state index in [4.69, 9.17) is 5.41 Å². The third-order valence-electron chi connectivity index (χ3n) is 1.02. The van der Waals surface area contributed by atoms with Crippen LogP contribution in [0.1, 0.15) is 0 Å². The third-order valence-corrected chi connectivity index (χ3v) is 1.02. The topological polar surface area (TPSA) is 71.9 Å². The Hall–Kier alpha value is -1.65. The van der Waals surface area contributed by atoms with Gasteiger partial charge in [-0.2, -0.15) is 0 Å². The summed E-state index contributed by atoms with van der Waals surface area (Å²) >= 11 is 0. The summed E-state index contributed by atoms with van der Waals surface area (Å²) in [4.78, 5) is 10.1. The minimum absolute atomic E-state index is 0.132. The molecule has 0 aliphatic carbocycles. The summed E-state index contributed by atoms with van der Waals surface area (Å²) in [5, 5.41) is 16.4. The van der Waals surface area contributed by atoms with Crippen LogP contribution < -0.4 is 5.49 Å². The van der Waals surface area contributed by atoms with E-state index in [2.05, 4.69) is 0 Å². The van der Waals surface area contributed by atoms with Crippen LogP contribution in [-0.4, -0.2) is 9.71 Å². The fourth-order valence-corrected chi connectivity index (χ4v) is 0.577. The predicted molar refractivity (Wildman–Crippen MR) is 32.7 cm³/mol. The zero-order valence-electron chi connectivity index (χ0n) is 5.02. The van der Waals surface area contributed by atoms with Gasteiger partial charge in [-0.1, -0.05) is 10.7 Å². The average molecular weight is 139 g/mol. The van der Waals surface area contributed by atoms with Gasteiger partial charge in [0.05, 0.1) is 6.20 Å². The number of hydrogen-bond donors (Lipinski definition) is 1. The second-order valence-corrected chi connectivity index (χ2v) is 1.67. The van der Waals surface area contributed by atoms with Crippen molar-refractivity contribution in [1.82, 2.24) is 4.68 Å². The van der Waals surface area contributed by atoms with E-state index in [9.17, 15) is 10.1 Å². The quantitative estimate of drug-likeness (QED) is 0.439. The first-order valence-electron chi connectivity index (χ1n) is 2.59. The maximum absolute atomic E-state index is 10.1. The van der Waals surface area contributed by atoms with E-state index in [1.165, 1.54) is 18.3 Å². The van der Waals surface area contributed by atoms with Gasteiger partial charge < -0.3 is 0 Å². The first kappa shape index (κ1) is 6.47. The minimum atomic E-state index is -0.650. The van der Waals surface area contributed by atoms with Crippen molar-refractivity contribution in [2.24, 2.45) is 0 Å². The maximum atomic E-state index is 10.1. The molecule has 52 valence electrons. The van der Waals surface area contributed by atoms with Gasteiger partial charge >= 0.3 is 0 Å². The molecule has 1 rings (SSSR count). The molecule has 0 unspecified atom stereocenters. The van der Waals surface area contributed by atoms with Gasteiger partial charge in [0.1, 0.15) is 0 Å². The lowest BCUT2D eigenvalue weighted by molar-refractivity contribution is -0.545. The number of hydrogen-bond acceptors (Lipinski definition) is 3. The van der Waals surface area contributed by atoms with Gasteiger partial charge in [-0.3, -0.25) is 5.41 Å². The lowest BCUT2D eigenvalue weighted by Gasteiger charge is -1.91. The normalized spacial score (nSPS) is 9.20. The van der Waals surface area contributed by atoms with Crippen molar-refractivity contribution in [1.29, 1.82) is 5.41 Å². The van der Waals surface area contributed by atoms with Gasteiger partial charge in [-0.25, -0.2) is 10.1 Å². The summed E-state index contributed by atoms with van der Waals surface area (Å²) in [6, 6.07) is 4.42. The number of rotatable bonds is 1. The molecule has 0 spiro atoms. The molecule has 0 aliphatic heterocycles. The Morgan fingerprint density at radius 3 is 2.70 bits per heavy atom. The number of aromatic nitrogens is 1. The predicted octanol–water partition coefficient (Wildman–Crippen LogP) is 0.00737. The molecule has 0 bridgehead atoms. The largest absolute Gasteiger partial charge is 0.279 e. The monoisotopic (exact) mass is 139 g/mol. The summed E-state index contributed by atoms with van der Waals surface area (Å²) in [5.41, 5.74) is -0.132. The first-order chi connectivity index (χ1) is 4.72. The van der Waals surface area contributed by atoms with Crippen LogP contribution in [0, 0.1) is 15.5 Å². The molecule has 1 heterocycles. The summed E-state index contributed by atoms with van der Waals surface area (Å²) in [5.74, 6) is 0. The van der Waals surface area contributed by atoms with Crippen molar-refractivity contribution >= 4 is 0 Å². The van der Waals surface area contributed by atoms with E-state index in [1.807, 2.05) is 0 Å². The Bertz CT molecular complexity index is 304. The molecule has 0 radical (unpaired) electrons. The number of pyridine rings is 1. The van der Waals surface area contributed by atoms with E-state index in [0.717, 1.165) is 0 Å². The van der Waals surface area contributed by atoms with Crippen LogP contribution in [0.3, 0.4) is 0 Å². The summed E-state index contributed by atoms with van der Waals surface area (Å²) in [6.45, 7) is 0. The minimum Gasteiger partial charge on any atom is -0.279 e. The molecule has 0 fully saturated rings. The highest BCUT2D eigenvalue weighted by molar-refractivity contribution is 4.89. The van der Waals surface area contributed by atoms with Crippen LogP contribution in [0.2, 0.25) is 0 Å². The van der Waals surface area contributed by atoms with Crippen molar-refractivity contribution in [3.8, 4) is 0 Å². The Morgan fingerprint density at radius 2 is 2.30 bits per heavy atom. The smallest absolute Gasteiger partial charge is 0.191 e. The number of nitrogens with one attached hydrogen (secondary N) is 1. The molecule has 0 saturated carbocycles. The molecule has 0 aliphatic rings. The highest BCUT2D eigenvalue weighted by atomic mass is 16.7. The standard InChI is InChI=1S/C5H5N3O2/c6-5-3-1-2-4-7(5)8(9)10/h1-4,6H. The van der Waals surface area contributed by atoms with Gasteiger partial charge in [0.25, 0.3) is 0 Å². The molecule has 1 aromatic heterocycles. The van der Waals surface area contributed by atoms with Crippen LogP contribution in [0.15, 0.2) is 24.4 Å². The van der Waals surface area contributed by atoms with Crippen molar-refractivity contribution in [2.45, 2.75) is 0 Å². The molecule has 1 N–H and O–H groups in total. The van der Waals surface area contributed by atoms with E-state index in [-0.39, 0.29) is 5.49 Å². The lowest BCUT2D eigenvalue weighted by atomic mass is 10.5. The van der Waals surface area contributed by atoms with Gasteiger partial charge in [0, 0.05) is 0 Å². The van der Waals surface area contributed by atoms with Crippen LogP contribution in [0.4, 0.5) is 0 Å². The van der Waals surface area contributed by atoms with Gasteiger partial charge in [0.15, 0.2) is 10.5 Å². The van der Waals surface area contributed by atoms with Crippen molar-refractivity contribution in [3.05, 3.63) is 40.0 Å². The van der Waals surface area contributed by atoms with Crippen molar-refractivity contribution in [3.63, 3.8) is 0 Å². The zero-order valence-corrected chi connectivity index (χ0v) is 5.02. The molecule has 0 atom stereocenters. The lowest BCUT2D eigenvalue weighted by Crippen LogP contribution is -2.24. The molecular formula is C5H5N3O2. The molecule has 10 heavy (non-hydrogen) atoms. The van der Waals surface area contributed by atoms with E-state index in [1.54, 1.807) is 6.07 Å². The Balaban J connectivity index is 3.29. The number of nitrogens with zero attached hydrogens (tertiary/aromatic N) is 2. The Labute approximate surface area is 56.2 Å². The summed E-state index contributed by atoms with van der Waals surface area (Å²) in [6.07, 6.45) is 1.22. The zero-order chi connectivity index (χ0) is 7.56. The fraction of sp³-hybridized carbons (Fsp3) is 0. The van der Waals surface area contributed by atoms with E-state index < -0.39 is 5.03 Å². The van der Waals surface area contributed by atoms with Crippen LogP contribution in [-0.2, 0) is 0 Å². The van der Waals surface area contributed by atoms with E-state index in [0.29, 0.717) is 4.68 Å². The summed E-state index contributed by atoms with van der Waals surface area (Å²) in [7, 11) is 0.